The van der Waals surface area contributed by atoms with Gasteiger partial charge in [-0.15, -0.1) is 0 Å². The number of carbonyl (C=O) groups is 1. The molecule has 1 amide bonds. The van der Waals surface area contributed by atoms with E-state index in [0.717, 1.165) is 6.54 Å². The molecule has 2 N–H and O–H groups in total. The van der Waals surface area contributed by atoms with Crippen molar-refractivity contribution in [1.29, 1.82) is 0 Å². The number of carbonyl (C=O) groups excluding carboxylic acids is 1. The molecular formula is C14H19N5O2. The van der Waals surface area contributed by atoms with Crippen LogP contribution >= 0.6 is 0 Å². The highest BCUT2D eigenvalue weighted by Crippen LogP contribution is 2.17. The van der Waals surface area contributed by atoms with Gasteiger partial charge in [0, 0.05) is 25.6 Å². The number of H-pyrrole nitrogens is 1. The fourth-order valence-corrected chi connectivity index (χ4v) is 2.65. The third-order valence-electron chi connectivity index (χ3n) is 3.70. The van der Waals surface area contributed by atoms with Crippen LogP contribution in [0.2, 0.25) is 0 Å². The molecule has 0 radical (unpaired) electrons. The van der Waals surface area contributed by atoms with Crippen LogP contribution in [0.5, 0.6) is 0 Å². The lowest BCUT2D eigenvalue weighted by atomic mass is 10.1. The molecule has 1 saturated heterocycles. The number of aromatic nitrogens is 3. The van der Waals surface area contributed by atoms with E-state index in [4.69, 9.17) is 4.42 Å². The SMILES string of the molecule is CC(C)N1CCNC(=O)C1Cc1nc(-c2ccco2)n[nH]1. The van der Waals surface area contributed by atoms with Crippen LogP contribution < -0.4 is 5.32 Å². The van der Waals surface area contributed by atoms with Gasteiger partial charge in [0.25, 0.3) is 0 Å². The average Bonchev–Trinajstić information content (AvgIpc) is 3.11. The van der Waals surface area contributed by atoms with Crippen LogP contribution in [0.25, 0.3) is 11.6 Å². The quantitative estimate of drug-likeness (QED) is 0.870. The lowest BCUT2D eigenvalue weighted by Crippen LogP contribution is -2.58. The predicted octanol–water partition coefficient (Wildman–Crippen LogP) is 0.816. The molecule has 1 atom stereocenters. The first-order valence-electron chi connectivity index (χ1n) is 7.14. The molecule has 3 heterocycles. The first-order chi connectivity index (χ1) is 10.1. The highest BCUT2D eigenvalue weighted by Gasteiger charge is 2.32. The van der Waals surface area contributed by atoms with Crippen LogP contribution in [-0.2, 0) is 11.2 Å². The molecule has 7 heteroatoms. The summed E-state index contributed by atoms with van der Waals surface area (Å²) in [4.78, 5) is 18.7. The highest BCUT2D eigenvalue weighted by molar-refractivity contribution is 5.82. The maximum Gasteiger partial charge on any atom is 0.237 e. The largest absolute Gasteiger partial charge is 0.461 e. The van der Waals surface area contributed by atoms with Crippen molar-refractivity contribution >= 4 is 5.91 Å². The number of piperazine rings is 1. The number of hydrogen-bond acceptors (Lipinski definition) is 5. The Kier molecular flexibility index (Phi) is 3.74. The van der Waals surface area contributed by atoms with Crippen molar-refractivity contribution in [3.63, 3.8) is 0 Å². The first-order valence-corrected chi connectivity index (χ1v) is 7.14. The Hall–Kier alpha value is -2.15. The second kappa shape index (κ2) is 5.69. The first kappa shape index (κ1) is 13.8. The maximum absolute atomic E-state index is 12.1. The van der Waals surface area contributed by atoms with Crippen LogP contribution in [0.1, 0.15) is 19.7 Å². The second-order valence-electron chi connectivity index (χ2n) is 5.43. The zero-order valence-electron chi connectivity index (χ0n) is 12.2. The van der Waals surface area contributed by atoms with Gasteiger partial charge in [0.2, 0.25) is 11.7 Å². The minimum absolute atomic E-state index is 0.0471. The highest BCUT2D eigenvalue weighted by atomic mass is 16.3. The van der Waals surface area contributed by atoms with E-state index in [1.165, 1.54) is 0 Å². The lowest BCUT2D eigenvalue weighted by molar-refractivity contribution is -0.130. The summed E-state index contributed by atoms with van der Waals surface area (Å²) in [5.41, 5.74) is 0. The fraction of sp³-hybridized carbons (Fsp3) is 0.500. The van der Waals surface area contributed by atoms with Gasteiger partial charge in [-0.05, 0) is 26.0 Å². The van der Waals surface area contributed by atoms with E-state index < -0.39 is 0 Å². The summed E-state index contributed by atoms with van der Waals surface area (Å²) in [6.45, 7) is 5.75. The van der Waals surface area contributed by atoms with Gasteiger partial charge in [-0.25, -0.2) is 4.98 Å². The third kappa shape index (κ3) is 2.82. The predicted molar refractivity (Wildman–Crippen MR) is 76.4 cm³/mol. The maximum atomic E-state index is 12.1. The normalized spacial score (nSPS) is 20.0. The molecule has 0 saturated carbocycles. The smallest absolute Gasteiger partial charge is 0.237 e. The van der Waals surface area contributed by atoms with Crippen molar-refractivity contribution in [1.82, 2.24) is 25.4 Å². The molecule has 2 aromatic rings. The van der Waals surface area contributed by atoms with Crippen LogP contribution in [0, 0.1) is 0 Å². The number of rotatable bonds is 4. The monoisotopic (exact) mass is 289 g/mol. The summed E-state index contributed by atoms with van der Waals surface area (Å²) in [6, 6.07) is 3.70. The summed E-state index contributed by atoms with van der Waals surface area (Å²) in [5.74, 6) is 1.87. The molecule has 0 aromatic carbocycles. The van der Waals surface area contributed by atoms with Gasteiger partial charge in [0.15, 0.2) is 5.76 Å². The van der Waals surface area contributed by atoms with E-state index in [2.05, 4.69) is 39.2 Å². The Balaban J connectivity index is 1.77. The Morgan fingerprint density at radius 1 is 1.52 bits per heavy atom. The van der Waals surface area contributed by atoms with Crippen molar-refractivity contribution in [3.8, 4) is 11.6 Å². The lowest BCUT2D eigenvalue weighted by Gasteiger charge is -2.37. The Labute approximate surface area is 122 Å². The summed E-state index contributed by atoms with van der Waals surface area (Å²) in [7, 11) is 0. The van der Waals surface area contributed by atoms with Gasteiger partial charge in [0.05, 0.1) is 12.3 Å². The van der Waals surface area contributed by atoms with E-state index in [-0.39, 0.29) is 11.9 Å². The molecule has 0 bridgehead atoms. The zero-order chi connectivity index (χ0) is 14.8. The summed E-state index contributed by atoms with van der Waals surface area (Å²) in [5, 5.41) is 9.94. The van der Waals surface area contributed by atoms with Gasteiger partial charge in [0.1, 0.15) is 5.82 Å². The summed E-state index contributed by atoms with van der Waals surface area (Å²) < 4.78 is 5.27. The number of amides is 1. The third-order valence-corrected chi connectivity index (χ3v) is 3.70. The Bertz CT molecular complexity index is 605. The molecule has 112 valence electrons. The molecule has 1 aliphatic rings. The second-order valence-corrected chi connectivity index (χ2v) is 5.43. The van der Waals surface area contributed by atoms with Crippen LogP contribution in [-0.4, -0.2) is 51.2 Å². The Morgan fingerprint density at radius 3 is 3.10 bits per heavy atom. The van der Waals surface area contributed by atoms with Crippen molar-refractivity contribution in [2.45, 2.75) is 32.4 Å². The van der Waals surface area contributed by atoms with E-state index >= 15 is 0 Å². The average molecular weight is 289 g/mol. The van der Waals surface area contributed by atoms with Gasteiger partial charge >= 0.3 is 0 Å². The van der Waals surface area contributed by atoms with E-state index in [1.807, 2.05) is 0 Å². The van der Waals surface area contributed by atoms with E-state index in [1.54, 1.807) is 18.4 Å². The molecule has 1 aliphatic heterocycles. The summed E-state index contributed by atoms with van der Waals surface area (Å²) in [6.07, 6.45) is 2.10. The number of nitrogens with zero attached hydrogens (tertiary/aromatic N) is 3. The van der Waals surface area contributed by atoms with Gasteiger partial charge < -0.3 is 9.73 Å². The number of nitrogens with one attached hydrogen (secondary N) is 2. The van der Waals surface area contributed by atoms with Crippen LogP contribution in [0.15, 0.2) is 22.8 Å². The molecule has 1 fully saturated rings. The van der Waals surface area contributed by atoms with E-state index in [9.17, 15) is 4.79 Å². The molecule has 3 rings (SSSR count). The number of furan rings is 1. The van der Waals surface area contributed by atoms with Gasteiger partial charge in [-0.3, -0.25) is 14.8 Å². The minimum Gasteiger partial charge on any atom is -0.461 e. The Morgan fingerprint density at radius 2 is 2.38 bits per heavy atom. The molecule has 2 aromatic heterocycles. The van der Waals surface area contributed by atoms with Gasteiger partial charge in [-0.1, -0.05) is 0 Å². The van der Waals surface area contributed by atoms with E-state index in [0.29, 0.717) is 36.4 Å². The minimum atomic E-state index is -0.212. The van der Waals surface area contributed by atoms with Crippen LogP contribution in [0.3, 0.4) is 0 Å². The van der Waals surface area contributed by atoms with Crippen molar-refractivity contribution < 1.29 is 9.21 Å². The molecular weight excluding hydrogens is 270 g/mol. The molecule has 21 heavy (non-hydrogen) atoms. The fourth-order valence-electron chi connectivity index (χ4n) is 2.65. The number of aromatic amines is 1. The summed E-state index contributed by atoms with van der Waals surface area (Å²) >= 11 is 0. The van der Waals surface area contributed by atoms with Crippen LogP contribution in [0.4, 0.5) is 0 Å². The van der Waals surface area contributed by atoms with Crippen molar-refractivity contribution in [3.05, 3.63) is 24.2 Å². The standard InChI is InChI=1S/C14H19N5O2/c1-9(2)19-6-5-15-14(20)10(19)8-12-16-13(18-17-12)11-4-3-7-21-11/h3-4,7,9-10H,5-6,8H2,1-2H3,(H,15,20)(H,16,17,18). The van der Waals surface area contributed by atoms with Crippen molar-refractivity contribution in [2.24, 2.45) is 0 Å². The van der Waals surface area contributed by atoms with Gasteiger partial charge in [-0.2, -0.15) is 5.10 Å². The molecule has 1 unspecified atom stereocenters. The topological polar surface area (TPSA) is 87.1 Å². The van der Waals surface area contributed by atoms with Crippen molar-refractivity contribution in [2.75, 3.05) is 13.1 Å². The molecule has 7 nitrogen and oxygen atoms in total. The molecule has 0 aliphatic carbocycles. The molecule has 0 spiro atoms. The number of hydrogen-bond donors (Lipinski definition) is 2. The zero-order valence-corrected chi connectivity index (χ0v) is 12.2.